The van der Waals surface area contributed by atoms with E-state index in [1.807, 2.05) is 13.8 Å². The molecule has 0 aromatic heterocycles. The summed E-state index contributed by atoms with van der Waals surface area (Å²) >= 11 is 2.99. The molecule has 0 saturated heterocycles. The van der Waals surface area contributed by atoms with Crippen LogP contribution in [-0.2, 0) is 0 Å². The van der Waals surface area contributed by atoms with Gasteiger partial charge in [0.25, 0.3) is 0 Å². The molecule has 114 valence electrons. The lowest BCUT2D eigenvalue weighted by atomic mass is 9.99. The van der Waals surface area contributed by atoms with Gasteiger partial charge in [-0.25, -0.2) is 0 Å². The first kappa shape index (κ1) is 17.1. The van der Waals surface area contributed by atoms with E-state index < -0.39 is 12.0 Å². The molecule has 0 aliphatic heterocycles. The van der Waals surface area contributed by atoms with Crippen molar-refractivity contribution in [2.75, 3.05) is 6.61 Å². The molecule has 1 N–H and O–H groups in total. The minimum absolute atomic E-state index is 0.0753. The van der Waals surface area contributed by atoms with Crippen LogP contribution in [0.3, 0.4) is 0 Å². The monoisotopic (exact) mass is 356 g/mol. The molecular formula is C13H16BrF3O3. The molecule has 7 heteroatoms. The predicted molar refractivity (Wildman–Crippen MR) is 71.9 cm³/mol. The average molecular weight is 357 g/mol. The third-order valence-electron chi connectivity index (χ3n) is 2.95. The number of aliphatic hydroxyl groups is 1. The molecule has 1 rings (SSSR count). The molecule has 3 nitrogen and oxygen atoms in total. The van der Waals surface area contributed by atoms with Crippen molar-refractivity contribution in [1.29, 1.82) is 0 Å². The predicted octanol–water partition coefficient (Wildman–Crippen LogP) is 4.28. The fraction of sp³-hybridized carbons (Fsp3) is 0.538. The molecule has 1 aromatic carbocycles. The molecule has 0 bridgehead atoms. The number of ether oxygens (including phenoxy) is 2. The van der Waals surface area contributed by atoms with Crippen LogP contribution < -0.4 is 9.47 Å². The van der Waals surface area contributed by atoms with E-state index in [0.29, 0.717) is 18.6 Å². The molecule has 0 aliphatic rings. The van der Waals surface area contributed by atoms with E-state index in [-0.39, 0.29) is 16.8 Å². The summed E-state index contributed by atoms with van der Waals surface area (Å²) < 4.78 is 45.7. The van der Waals surface area contributed by atoms with E-state index in [1.54, 1.807) is 0 Å². The van der Waals surface area contributed by atoms with Crippen molar-refractivity contribution in [2.24, 2.45) is 0 Å². The Labute approximate surface area is 123 Å². The van der Waals surface area contributed by atoms with Crippen LogP contribution in [0, 0.1) is 0 Å². The SMILES string of the molecule is CCC(O)(CC)COc1ccc(OC(F)(F)F)c(Br)c1. The Morgan fingerprint density at radius 1 is 1.20 bits per heavy atom. The fourth-order valence-corrected chi connectivity index (χ4v) is 1.89. The summed E-state index contributed by atoms with van der Waals surface area (Å²) in [6.07, 6.45) is -3.69. The minimum Gasteiger partial charge on any atom is -0.491 e. The van der Waals surface area contributed by atoms with E-state index in [4.69, 9.17) is 4.74 Å². The lowest BCUT2D eigenvalue weighted by Gasteiger charge is -2.25. The van der Waals surface area contributed by atoms with Crippen molar-refractivity contribution in [1.82, 2.24) is 0 Å². The summed E-state index contributed by atoms with van der Waals surface area (Å²) in [5.74, 6) is 0.0119. The second kappa shape index (κ2) is 6.67. The highest BCUT2D eigenvalue weighted by molar-refractivity contribution is 9.10. The Hall–Kier alpha value is -0.950. The molecule has 0 aliphatic carbocycles. The second-order valence-electron chi connectivity index (χ2n) is 4.36. The van der Waals surface area contributed by atoms with Gasteiger partial charge in [0.1, 0.15) is 18.1 Å². The zero-order chi connectivity index (χ0) is 15.4. The molecule has 0 radical (unpaired) electrons. The number of benzene rings is 1. The summed E-state index contributed by atoms with van der Waals surface area (Å²) in [7, 11) is 0. The second-order valence-corrected chi connectivity index (χ2v) is 5.21. The van der Waals surface area contributed by atoms with Crippen LogP contribution in [0.2, 0.25) is 0 Å². The van der Waals surface area contributed by atoms with Crippen LogP contribution in [-0.4, -0.2) is 23.7 Å². The Morgan fingerprint density at radius 2 is 1.80 bits per heavy atom. The smallest absolute Gasteiger partial charge is 0.491 e. The first-order valence-corrected chi connectivity index (χ1v) is 6.89. The van der Waals surface area contributed by atoms with E-state index in [0.717, 1.165) is 6.07 Å². The summed E-state index contributed by atoms with van der Waals surface area (Å²) in [6, 6.07) is 3.88. The van der Waals surface area contributed by atoms with Crippen molar-refractivity contribution in [2.45, 2.75) is 38.7 Å². The molecule has 0 spiro atoms. The van der Waals surface area contributed by atoms with Gasteiger partial charge in [0.05, 0.1) is 10.1 Å². The van der Waals surface area contributed by atoms with E-state index in [1.165, 1.54) is 12.1 Å². The van der Waals surface area contributed by atoms with Crippen molar-refractivity contribution in [3.05, 3.63) is 22.7 Å². The molecule has 0 unspecified atom stereocenters. The summed E-state index contributed by atoms with van der Waals surface area (Å²) in [6.45, 7) is 3.75. The van der Waals surface area contributed by atoms with Crippen LogP contribution in [0.15, 0.2) is 22.7 Å². The molecule has 20 heavy (non-hydrogen) atoms. The molecule has 0 fully saturated rings. The topological polar surface area (TPSA) is 38.7 Å². The van der Waals surface area contributed by atoms with Gasteiger partial charge in [-0.15, -0.1) is 13.2 Å². The van der Waals surface area contributed by atoms with Crippen molar-refractivity contribution in [3.63, 3.8) is 0 Å². The minimum atomic E-state index is -4.74. The van der Waals surface area contributed by atoms with E-state index in [9.17, 15) is 18.3 Å². The van der Waals surface area contributed by atoms with Crippen LogP contribution in [0.25, 0.3) is 0 Å². The first-order valence-electron chi connectivity index (χ1n) is 6.09. The number of alkyl halides is 3. The van der Waals surface area contributed by atoms with Crippen LogP contribution in [0.1, 0.15) is 26.7 Å². The molecule has 0 saturated carbocycles. The van der Waals surface area contributed by atoms with Crippen LogP contribution in [0.5, 0.6) is 11.5 Å². The highest BCUT2D eigenvalue weighted by Crippen LogP contribution is 2.33. The van der Waals surface area contributed by atoms with Gasteiger partial charge in [0.2, 0.25) is 0 Å². The van der Waals surface area contributed by atoms with E-state index in [2.05, 4.69) is 20.7 Å². The first-order chi connectivity index (χ1) is 9.19. The molecular weight excluding hydrogens is 341 g/mol. The van der Waals surface area contributed by atoms with Gasteiger partial charge >= 0.3 is 6.36 Å². The van der Waals surface area contributed by atoms with Gasteiger partial charge in [-0.2, -0.15) is 0 Å². The number of rotatable bonds is 6. The van der Waals surface area contributed by atoms with Gasteiger partial charge in [-0.3, -0.25) is 0 Å². The summed E-state index contributed by atoms with van der Waals surface area (Å²) in [4.78, 5) is 0. The quantitative estimate of drug-likeness (QED) is 0.826. The fourth-order valence-electron chi connectivity index (χ4n) is 1.45. The standard InChI is InChI=1S/C13H16BrF3O3/c1-3-12(18,4-2)8-19-9-5-6-11(10(14)7-9)20-13(15,16)17/h5-7,18H,3-4,8H2,1-2H3. The third-order valence-corrected chi connectivity index (χ3v) is 3.57. The average Bonchev–Trinajstić information content (AvgIpc) is 2.37. The van der Waals surface area contributed by atoms with Crippen molar-refractivity contribution < 1.29 is 27.8 Å². The number of hydrogen-bond acceptors (Lipinski definition) is 3. The van der Waals surface area contributed by atoms with Gasteiger partial charge in [0, 0.05) is 0 Å². The van der Waals surface area contributed by atoms with Gasteiger partial charge < -0.3 is 14.6 Å². The lowest BCUT2D eigenvalue weighted by Crippen LogP contribution is -2.34. The highest BCUT2D eigenvalue weighted by Gasteiger charge is 2.32. The van der Waals surface area contributed by atoms with E-state index >= 15 is 0 Å². The normalized spacial score (nSPS) is 12.3. The Balaban J connectivity index is 2.73. The number of hydrogen-bond donors (Lipinski definition) is 1. The Kier molecular flexibility index (Phi) is 5.70. The molecule has 1 aromatic rings. The molecule has 0 amide bonds. The Morgan fingerprint density at radius 3 is 2.25 bits per heavy atom. The highest BCUT2D eigenvalue weighted by atomic mass is 79.9. The maximum Gasteiger partial charge on any atom is 0.573 e. The third kappa shape index (κ3) is 5.20. The van der Waals surface area contributed by atoms with Crippen LogP contribution >= 0.6 is 15.9 Å². The maximum absolute atomic E-state index is 12.1. The molecule has 0 atom stereocenters. The van der Waals surface area contributed by atoms with Gasteiger partial charge in [0.15, 0.2) is 0 Å². The summed E-state index contributed by atoms with van der Waals surface area (Å²) in [5, 5.41) is 10.1. The zero-order valence-electron chi connectivity index (χ0n) is 11.1. The van der Waals surface area contributed by atoms with Crippen molar-refractivity contribution >= 4 is 15.9 Å². The maximum atomic E-state index is 12.1. The Bertz CT molecular complexity index is 445. The van der Waals surface area contributed by atoms with Gasteiger partial charge in [-0.05, 0) is 47.0 Å². The largest absolute Gasteiger partial charge is 0.573 e. The molecule has 0 heterocycles. The zero-order valence-corrected chi connectivity index (χ0v) is 12.7. The van der Waals surface area contributed by atoms with Crippen molar-refractivity contribution in [3.8, 4) is 11.5 Å². The van der Waals surface area contributed by atoms with Crippen LogP contribution in [0.4, 0.5) is 13.2 Å². The summed E-state index contributed by atoms with van der Waals surface area (Å²) in [5.41, 5.74) is -0.937. The number of halogens is 4. The lowest BCUT2D eigenvalue weighted by molar-refractivity contribution is -0.274. The van der Waals surface area contributed by atoms with Gasteiger partial charge in [-0.1, -0.05) is 13.8 Å².